The molecule has 0 bridgehead atoms. The highest BCUT2D eigenvalue weighted by Crippen LogP contribution is 2.50. The topological polar surface area (TPSA) is 38.3 Å². The lowest BCUT2D eigenvalue weighted by Gasteiger charge is -2.43. The minimum atomic E-state index is -1.43. The van der Waals surface area contributed by atoms with Crippen LogP contribution in [0.4, 0.5) is 10.1 Å². The Morgan fingerprint density at radius 1 is 1.21 bits per heavy atom. The van der Waals surface area contributed by atoms with Crippen LogP contribution in [0.2, 0.25) is 0 Å². The van der Waals surface area contributed by atoms with Gasteiger partial charge in [-0.15, -0.1) is 0 Å². The van der Waals surface area contributed by atoms with Gasteiger partial charge in [-0.05, 0) is 62.5 Å². The number of aryl methyl sites for hydroxylation is 1. The molecule has 0 aliphatic carbocycles. The van der Waals surface area contributed by atoms with Crippen LogP contribution in [0.15, 0.2) is 42.5 Å². The number of hydrogen-bond acceptors (Lipinski definition) is 4. The number of anilines is 1. The van der Waals surface area contributed by atoms with Gasteiger partial charge in [0.15, 0.2) is 0 Å². The van der Waals surface area contributed by atoms with Crippen molar-refractivity contribution in [3.05, 3.63) is 59.4 Å². The summed E-state index contributed by atoms with van der Waals surface area (Å²) in [6, 6.07) is 11.8. The Bertz CT molecular complexity index is 811. The van der Waals surface area contributed by atoms with E-state index in [2.05, 4.69) is 4.72 Å². The van der Waals surface area contributed by atoms with Crippen molar-refractivity contribution in [3.63, 3.8) is 0 Å². The number of carbonyl (C=O) groups excluding carboxylic acids is 1. The number of halogens is 2. The standard InChI is InChI=1S/C18H17ClFNO2S/c1-11-8-9-14(13(20)10-11)21-24-18(19)16(22)12-6-4-5-7-15(12)23-17(18,2)3/h4-10,21H,1-3H3. The molecule has 0 radical (unpaired) electrons. The maximum atomic E-state index is 14.0. The van der Waals surface area contributed by atoms with Gasteiger partial charge in [-0.2, -0.15) is 0 Å². The molecule has 0 spiro atoms. The summed E-state index contributed by atoms with van der Waals surface area (Å²) >= 11 is 7.63. The van der Waals surface area contributed by atoms with E-state index in [9.17, 15) is 9.18 Å². The van der Waals surface area contributed by atoms with Crippen LogP contribution in [-0.4, -0.2) is 15.6 Å². The van der Waals surface area contributed by atoms with E-state index in [1.165, 1.54) is 6.07 Å². The summed E-state index contributed by atoms with van der Waals surface area (Å²) in [6.45, 7) is 5.30. The van der Waals surface area contributed by atoms with Crippen molar-refractivity contribution in [2.24, 2.45) is 0 Å². The molecule has 3 rings (SSSR count). The van der Waals surface area contributed by atoms with E-state index in [1.807, 2.05) is 6.92 Å². The zero-order valence-corrected chi connectivity index (χ0v) is 15.1. The van der Waals surface area contributed by atoms with Gasteiger partial charge in [0.1, 0.15) is 17.2 Å². The highest BCUT2D eigenvalue weighted by Gasteiger charge is 2.57. The molecule has 6 heteroatoms. The molecule has 1 aliphatic heterocycles. The second kappa shape index (κ2) is 5.97. The molecule has 0 amide bonds. The summed E-state index contributed by atoms with van der Waals surface area (Å²) in [7, 11) is 0. The SMILES string of the molecule is Cc1ccc(NSC2(Cl)C(=O)c3ccccc3OC2(C)C)c(F)c1. The summed E-state index contributed by atoms with van der Waals surface area (Å²) in [5.41, 5.74) is 0.521. The van der Waals surface area contributed by atoms with E-state index in [4.69, 9.17) is 16.3 Å². The van der Waals surface area contributed by atoms with E-state index in [0.717, 1.165) is 17.5 Å². The molecule has 2 aromatic rings. The number of nitrogens with one attached hydrogen (secondary N) is 1. The number of Topliss-reactive ketones (excluding diaryl/α,β-unsaturated/α-hetero) is 1. The molecule has 2 aromatic carbocycles. The first-order valence-corrected chi connectivity index (χ1v) is 8.66. The van der Waals surface area contributed by atoms with E-state index in [1.54, 1.807) is 50.2 Å². The fraction of sp³-hybridized carbons (Fsp3) is 0.278. The number of carbonyl (C=O) groups is 1. The number of fused-ring (bicyclic) bond motifs is 1. The van der Waals surface area contributed by atoms with Gasteiger partial charge in [-0.1, -0.05) is 29.8 Å². The van der Waals surface area contributed by atoms with Crippen molar-refractivity contribution in [3.8, 4) is 5.75 Å². The molecular weight excluding hydrogens is 349 g/mol. The molecule has 0 fully saturated rings. The fourth-order valence-electron chi connectivity index (χ4n) is 2.53. The molecule has 1 unspecified atom stereocenters. The number of alkyl halides is 1. The third-order valence-electron chi connectivity index (χ3n) is 3.99. The molecule has 0 saturated carbocycles. The van der Waals surface area contributed by atoms with Gasteiger partial charge in [-0.3, -0.25) is 4.79 Å². The first kappa shape index (κ1) is 17.1. The third kappa shape index (κ3) is 2.76. The molecule has 24 heavy (non-hydrogen) atoms. The molecule has 0 aromatic heterocycles. The molecule has 1 N–H and O–H groups in total. The Kier molecular flexibility index (Phi) is 4.26. The van der Waals surface area contributed by atoms with Gasteiger partial charge in [0.2, 0.25) is 9.99 Å². The minimum Gasteiger partial charge on any atom is -0.484 e. The van der Waals surface area contributed by atoms with Gasteiger partial charge in [0.25, 0.3) is 0 Å². The van der Waals surface area contributed by atoms with Crippen molar-refractivity contribution >= 4 is 35.0 Å². The maximum Gasteiger partial charge on any atom is 0.210 e. The van der Waals surface area contributed by atoms with Crippen LogP contribution in [0.1, 0.15) is 29.8 Å². The molecule has 1 atom stereocenters. The summed E-state index contributed by atoms with van der Waals surface area (Å²) in [5, 5.41) is 0. The predicted molar refractivity (Wildman–Crippen MR) is 96.4 cm³/mol. The number of benzene rings is 2. The quantitative estimate of drug-likeness (QED) is 0.600. The summed E-state index contributed by atoms with van der Waals surface area (Å²) < 4.78 is 21.4. The van der Waals surface area contributed by atoms with Crippen LogP contribution in [0.5, 0.6) is 5.75 Å². The molecule has 1 heterocycles. The van der Waals surface area contributed by atoms with Crippen LogP contribution >= 0.6 is 23.5 Å². The Balaban J connectivity index is 1.92. The number of ketones is 1. The first-order chi connectivity index (χ1) is 11.2. The molecule has 1 aliphatic rings. The predicted octanol–water partition coefficient (Wildman–Crippen LogP) is 5.18. The van der Waals surface area contributed by atoms with Gasteiger partial charge in [0.05, 0.1) is 11.3 Å². The lowest BCUT2D eigenvalue weighted by molar-refractivity contribution is 0.0579. The maximum absolute atomic E-state index is 14.0. The fourth-order valence-corrected chi connectivity index (χ4v) is 3.69. The Morgan fingerprint density at radius 3 is 2.62 bits per heavy atom. The largest absolute Gasteiger partial charge is 0.484 e. The number of rotatable bonds is 3. The van der Waals surface area contributed by atoms with Gasteiger partial charge < -0.3 is 9.46 Å². The zero-order chi connectivity index (χ0) is 17.5. The normalized spacial score (nSPS) is 21.8. The highest BCUT2D eigenvalue weighted by atomic mass is 35.5. The number of para-hydroxylation sites is 1. The molecule has 3 nitrogen and oxygen atoms in total. The highest BCUT2D eigenvalue weighted by molar-refractivity contribution is 8.04. The van der Waals surface area contributed by atoms with Gasteiger partial charge in [-0.25, -0.2) is 4.39 Å². The van der Waals surface area contributed by atoms with Crippen molar-refractivity contribution in [1.82, 2.24) is 0 Å². The van der Waals surface area contributed by atoms with Crippen LogP contribution in [0.25, 0.3) is 0 Å². The van der Waals surface area contributed by atoms with E-state index in [-0.39, 0.29) is 11.5 Å². The summed E-state index contributed by atoms with van der Waals surface area (Å²) in [5.74, 6) is -0.155. The number of ether oxygens (including phenoxy) is 1. The van der Waals surface area contributed by atoms with E-state index >= 15 is 0 Å². The summed E-state index contributed by atoms with van der Waals surface area (Å²) in [6.07, 6.45) is 0. The molecular formula is C18H17ClFNO2S. The Hall–Kier alpha value is -1.72. The van der Waals surface area contributed by atoms with Crippen molar-refractivity contribution < 1.29 is 13.9 Å². The average Bonchev–Trinajstić information content (AvgIpc) is 2.52. The van der Waals surface area contributed by atoms with Crippen LogP contribution < -0.4 is 9.46 Å². The van der Waals surface area contributed by atoms with Crippen molar-refractivity contribution in [2.45, 2.75) is 30.6 Å². The lowest BCUT2D eigenvalue weighted by Crippen LogP contribution is -2.56. The first-order valence-electron chi connectivity index (χ1n) is 7.46. The Labute approximate surface area is 149 Å². The average molecular weight is 366 g/mol. The van der Waals surface area contributed by atoms with E-state index < -0.39 is 15.6 Å². The third-order valence-corrected chi connectivity index (χ3v) is 6.13. The second-order valence-corrected chi connectivity index (χ2v) is 8.03. The smallest absolute Gasteiger partial charge is 0.210 e. The Morgan fingerprint density at radius 2 is 1.92 bits per heavy atom. The monoisotopic (exact) mass is 365 g/mol. The zero-order valence-electron chi connectivity index (χ0n) is 13.5. The van der Waals surface area contributed by atoms with Crippen molar-refractivity contribution in [1.29, 1.82) is 0 Å². The van der Waals surface area contributed by atoms with Gasteiger partial charge >= 0.3 is 0 Å². The van der Waals surface area contributed by atoms with Crippen molar-refractivity contribution in [2.75, 3.05) is 4.72 Å². The lowest BCUT2D eigenvalue weighted by atomic mass is 9.92. The second-order valence-electron chi connectivity index (χ2n) is 6.22. The van der Waals surface area contributed by atoms with Crippen LogP contribution in [0, 0.1) is 12.7 Å². The number of hydrogen-bond donors (Lipinski definition) is 1. The minimum absolute atomic E-state index is 0.263. The summed E-state index contributed by atoms with van der Waals surface area (Å²) in [4.78, 5) is 12.9. The molecule has 126 valence electrons. The van der Waals surface area contributed by atoms with E-state index in [0.29, 0.717) is 11.3 Å². The molecule has 0 saturated heterocycles. The van der Waals surface area contributed by atoms with Crippen LogP contribution in [0.3, 0.4) is 0 Å². The van der Waals surface area contributed by atoms with Gasteiger partial charge in [0, 0.05) is 0 Å². The van der Waals surface area contributed by atoms with Crippen LogP contribution in [-0.2, 0) is 0 Å².